The van der Waals surface area contributed by atoms with Gasteiger partial charge in [-0.2, -0.15) is 0 Å². The fourth-order valence-electron chi connectivity index (χ4n) is 3.37. The van der Waals surface area contributed by atoms with Crippen LogP contribution in [0.15, 0.2) is 48.5 Å². The van der Waals surface area contributed by atoms with Crippen molar-refractivity contribution in [3.8, 4) is 0 Å². The van der Waals surface area contributed by atoms with E-state index in [9.17, 15) is 9.59 Å². The van der Waals surface area contributed by atoms with Crippen molar-refractivity contribution in [1.82, 2.24) is 0 Å². The minimum absolute atomic E-state index is 0.0706. The number of nitrogens with two attached hydrogens (primary N) is 2. The number of carbonyl (C=O) groups excluding carboxylic acids is 2. The molecule has 5 heteroatoms. The summed E-state index contributed by atoms with van der Waals surface area (Å²) in [6.45, 7) is 10.7. The smallest absolute Gasteiger partial charge is 0.282 e. The molecular weight excluding hydrogens is 362 g/mol. The van der Waals surface area contributed by atoms with Gasteiger partial charge in [-0.25, -0.2) is 0 Å². The van der Waals surface area contributed by atoms with Crippen molar-refractivity contribution in [3.63, 3.8) is 0 Å². The summed E-state index contributed by atoms with van der Waals surface area (Å²) in [5.41, 5.74) is 8.91. The highest BCUT2D eigenvalue weighted by Gasteiger charge is 2.26. The van der Waals surface area contributed by atoms with Crippen LogP contribution in [-0.2, 0) is 4.79 Å². The molecule has 0 aliphatic heterocycles. The summed E-state index contributed by atoms with van der Waals surface area (Å²) in [4.78, 5) is 23.8. The lowest BCUT2D eigenvalue weighted by Crippen LogP contribution is -2.93. The summed E-state index contributed by atoms with van der Waals surface area (Å²) >= 11 is 0. The zero-order chi connectivity index (χ0) is 21.6. The summed E-state index contributed by atoms with van der Waals surface area (Å²) < 4.78 is 0. The van der Waals surface area contributed by atoms with E-state index >= 15 is 0 Å². The number of hydrogen-bond donors (Lipinski definition) is 3. The van der Waals surface area contributed by atoms with E-state index in [1.807, 2.05) is 6.92 Å². The summed E-state index contributed by atoms with van der Waals surface area (Å²) in [5.74, 6) is 0.383. The summed E-state index contributed by atoms with van der Waals surface area (Å²) in [7, 11) is 0. The number of primary amides is 1. The largest absolute Gasteiger partial charge is 0.366 e. The van der Waals surface area contributed by atoms with Crippen LogP contribution in [0.5, 0.6) is 0 Å². The highest BCUT2D eigenvalue weighted by molar-refractivity contribution is 5.95. The Morgan fingerprint density at radius 3 is 1.97 bits per heavy atom. The molecule has 2 aromatic rings. The molecule has 0 spiro atoms. The van der Waals surface area contributed by atoms with Gasteiger partial charge in [0.1, 0.15) is 6.04 Å². The van der Waals surface area contributed by atoms with E-state index in [0.717, 1.165) is 6.42 Å². The zero-order valence-electron chi connectivity index (χ0n) is 18.1. The predicted octanol–water partition coefficient (Wildman–Crippen LogP) is 3.59. The highest BCUT2D eigenvalue weighted by Crippen LogP contribution is 2.23. The van der Waals surface area contributed by atoms with Crippen LogP contribution >= 0.6 is 0 Å². The summed E-state index contributed by atoms with van der Waals surface area (Å²) in [5, 5.41) is 5.03. The number of amides is 2. The fraction of sp³-hybridized carbons (Fsp3) is 0.417. The number of nitrogens with one attached hydrogen (secondary N) is 1. The molecule has 0 aliphatic rings. The van der Waals surface area contributed by atoms with Crippen LogP contribution in [0, 0.1) is 5.92 Å². The van der Waals surface area contributed by atoms with Crippen LogP contribution in [-0.4, -0.2) is 17.9 Å². The van der Waals surface area contributed by atoms with Crippen LogP contribution in [0.3, 0.4) is 0 Å². The maximum atomic E-state index is 12.7. The number of hydrogen-bond acceptors (Lipinski definition) is 2. The number of anilines is 1. The van der Waals surface area contributed by atoms with Gasteiger partial charge in [0.25, 0.3) is 5.91 Å². The number of rotatable bonds is 9. The molecule has 0 fully saturated rings. The monoisotopic (exact) mass is 396 g/mol. The molecule has 0 aliphatic carbocycles. The van der Waals surface area contributed by atoms with E-state index in [0.29, 0.717) is 23.1 Å². The van der Waals surface area contributed by atoms with Gasteiger partial charge in [0.2, 0.25) is 5.91 Å². The minimum atomic E-state index is -0.483. The Morgan fingerprint density at radius 1 is 0.931 bits per heavy atom. The molecule has 0 saturated carbocycles. The van der Waals surface area contributed by atoms with Gasteiger partial charge in [0, 0.05) is 22.7 Å². The maximum Gasteiger partial charge on any atom is 0.282 e. The molecule has 0 radical (unpaired) electrons. The molecular formula is C24H34N3O2+. The van der Waals surface area contributed by atoms with Gasteiger partial charge in [0.05, 0.1) is 0 Å². The first kappa shape index (κ1) is 22.6. The Balaban J connectivity index is 2.05. The van der Waals surface area contributed by atoms with Crippen LogP contribution in [0.25, 0.3) is 0 Å². The van der Waals surface area contributed by atoms with Crippen molar-refractivity contribution in [2.45, 2.75) is 59.0 Å². The third-order valence-electron chi connectivity index (χ3n) is 5.57. The normalized spacial score (nSPS) is 14.3. The zero-order valence-corrected chi connectivity index (χ0v) is 18.1. The van der Waals surface area contributed by atoms with Gasteiger partial charge in [0.15, 0.2) is 6.04 Å². The molecule has 3 atom stereocenters. The van der Waals surface area contributed by atoms with Crippen molar-refractivity contribution < 1.29 is 14.9 Å². The van der Waals surface area contributed by atoms with Crippen LogP contribution < -0.4 is 16.4 Å². The lowest BCUT2D eigenvalue weighted by Gasteiger charge is -2.23. The average molecular weight is 397 g/mol. The molecule has 0 bridgehead atoms. The van der Waals surface area contributed by atoms with Crippen molar-refractivity contribution in [2.75, 3.05) is 5.32 Å². The molecule has 2 amide bonds. The summed E-state index contributed by atoms with van der Waals surface area (Å²) in [6.07, 6.45) is 1.12. The van der Waals surface area contributed by atoms with Crippen molar-refractivity contribution in [1.29, 1.82) is 0 Å². The van der Waals surface area contributed by atoms with Crippen LogP contribution in [0.4, 0.5) is 5.69 Å². The van der Waals surface area contributed by atoms with E-state index in [4.69, 9.17) is 5.73 Å². The third kappa shape index (κ3) is 6.16. The van der Waals surface area contributed by atoms with E-state index in [2.05, 4.69) is 62.6 Å². The second-order valence-corrected chi connectivity index (χ2v) is 8.16. The number of quaternary nitrogens is 1. The first-order valence-electron chi connectivity index (χ1n) is 10.4. The first-order valence-corrected chi connectivity index (χ1v) is 10.4. The van der Waals surface area contributed by atoms with Crippen LogP contribution in [0.2, 0.25) is 0 Å². The quantitative estimate of drug-likeness (QED) is 0.605. The number of benzene rings is 2. The van der Waals surface area contributed by atoms with Gasteiger partial charge < -0.3 is 16.4 Å². The van der Waals surface area contributed by atoms with Crippen molar-refractivity contribution in [2.24, 2.45) is 11.7 Å². The second-order valence-electron chi connectivity index (χ2n) is 8.16. The van der Waals surface area contributed by atoms with Crippen LogP contribution in [0.1, 0.15) is 74.5 Å². The summed E-state index contributed by atoms with van der Waals surface area (Å²) in [6, 6.07) is 15.3. The Kier molecular flexibility index (Phi) is 7.97. The van der Waals surface area contributed by atoms with Gasteiger partial charge in [-0.05, 0) is 49.1 Å². The molecule has 0 saturated heterocycles. The Morgan fingerprint density at radius 2 is 1.48 bits per heavy atom. The minimum Gasteiger partial charge on any atom is -0.366 e. The standard InChI is InChI=1S/C24H33N3O2/c1-6-16(4)18-7-9-19(10-8-18)22(15(2)3)26-17(5)24(29)27-21-13-11-20(12-14-21)23(25)28/h7-17,22,26H,6H2,1-5H3,(H2,25,28)(H,27,29)/p+1/t16-,17-,22-/m0/s1. The Hall–Kier alpha value is -2.66. The van der Waals surface area contributed by atoms with Gasteiger partial charge in [-0.3, -0.25) is 9.59 Å². The topological polar surface area (TPSA) is 88.8 Å². The molecule has 2 rings (SSSR count). The molecule has 156 valence electrons. The lowest BCUT2D eigenvalue weighted by molar-refractivity contribution is -0.718. The van der Waals surface area contributed by atoms with E-state index in [1.54, 1.807) is 24.3 Å². The molecule has 2 aromatic carbocycles. The molecule has 0 aromatic heterocycles. The van der Waals surface area contributed by atoms with Gasteiger partial charge in [-0.15, -0.1) is 0 Å². The molecule has 5 N–H and O–H groups in total. The Bertz CT molecular complexity index is 813. The SMILES string of the molecule is CC[C@H](C)c1ccc([C@@H]([NH2+][C@@H](C)C(=O)Nc2ccc(C(N)=O)cc2)C(C)C)cc1. The fourth-order valence-corrected chi connectivity index (χ4v) is 3.37. The predicted molar refractivity (Wildman–Crippen MR) is 118 cm³/mol. The maximum absolute atomic E-state index is 12.7. The van der Waals surface area contributed by atoms with E-state index < -0.39 is 5.91 Å². The Labute approximate surface area is 174 Å². The number of carbonyl (C=O) groups is 2. The highest BCUT2D eigenvalue weighted by atomic mass is 16.2. The van der Waals surface area contributed by atoms with E-state index in [1.165, 1.54) is 11.1 Å². The first-order chi connectivity index (χ1) is 13.7. The average Bonchev–Trinajstić information content (AvgIpc) is 2.71. The van der Waals surface area contributed by atoms with Gasteiger partial charge in [-0.1, -0.05) is 52.0 Å². The van der Waals surface area contributed by atoms with Crippen molar-refractivity contribution in [3.05, 3.63) is 65.2 Å². The lowest BCUT2D eigenvalue weighted by atomic mass is 9.91. The van der Waals surface area contributed by atoms with Crippen molar-refractivity contribution >= 4 is 17.5 Å². The van der Waals surface area contributed by atoms with Gasteiger partial charge >= 0.3 is 0 Å². The van der Waals surface area contributed by atoms with E-state index in [-0.39, 0.29) is 18.0 Å². The molecule has 0 heterocycles. The molecule has 29 heavy (non-hydrogen) atoms. The third-order valence-corrected chi connectivity index (χ3v) is 5.57. The molecule has 0 unspecified atom stereocenters. The molecule has 5 nitrogen and oxygen atoms in total. The second kappa shape index (κ2) is 10.2.